The third-order valence-electron chi connectivity index (χ3n) is 5.26. The van der Waals surface area contributed by atoms with Crippen LogP contribution >= 0.6 is 11.6 Å². The highest BCUT2D eigenvalue weighted by atomic mass is 35.5. The number of carbonyl (C=O) groups excluding carboxylic acids is 1. The van der Waals surface area contributed by atoms with Crippen molar-refractivity contribution in [3.8, 4) is 0 Å². The third kappa shape index (κ3) is 4.40. The van der Waals surface area contributed by atoms with E-state index in [2.05, 4.69) is 38.1 Å². The van der Waals surface area contributed by atoms with Crippen LogP contribution in [-0.2, 0) is 12.8 Å². The molecule has 7 heteroatoms. The zero-order valence-electron chi connectivity index (χ0n) is 17.1. The van der Waals surface area contributed by atoms with Crippen LogP contribution in [0.25, 0.3) is 0 Å². The minimum absolute atomic E-state index is 0.139. The summed E-state index contributed by atoms with van der Waals surface area (Å²) < 4.78 is 0. The van der Waals surface area contributed by atoms with E-state index >= 15 is 0 Å². The van der Waals surface area contributed by atoms with Gasteiger partial charge in [-0.15, -0.1) is 0 Å². The van der Waals surface area contributed by atoms with Crippen molar-refractivity contribution in [2.45, 2.75) is 12.8 Å². The van der Waals surface area contributed by atoms with E-state index < -0.39 is 0 Å². The first-order valence-corrected chi connectivity index (χ1v) is 10.7. The van der Waals surface area contributed by atoms with Crippen molar-refractivity contribution in [2.75, 3.05) is 16.0 Å². The number of hydrogen-bond acceptors (Lipinski definition) is 5. The molecule has 0 radical (unpaired) electrons. The second-order valence-corrected chi connectivity index (χ2v) is 7.94. The van der Waals surface area contributed by atoms with Crippen LogP contribution < -0.4 is 16.0 Å². The lowest BCUT2D eigenvalue weighted by Gasteiger charge is -2.15. The normalized spacial score (nSPS) is 12.3. The first kappa shape index (κ1) is 20.0. The van der Waals surface area contributed by atoms with Crippen molar-refractivity contribution in [3.63, 3.8) is 0 Å². The van der Waals surface area contributed by atoms with E-state index in [0.717, 1.165) is 35.5 Å². The predicted octanol–water partition coefficient (Wildman–Crippen LogP) is 5.97. The lowest BCUT2D eigenvalue weighted by Crippen LogP contribution is -2.13. The van der Waals surface area contributed by atoms with E-state index in [1.165, 1.54) is 5.56 Å². The highest BCUT2D eigenvalue weighted by Crippen LogP contribution is 2.29. The maximum absolute atomic E-state index is 12.7. The van der Waals surface area contributed by atoms with Crippen molar-refractivity contribution in [1.29, 1.82) is 0 Å². The van der Waals surface area contributed by atoms with Gasteiger partial charge in [0.1, 0.15) is 5.02 Å². The second-order valence-electron chi connectivity index (χ2n) is 7.53. The Labute approximate surface area is 190 Å². The van der Waals surface area contributed by atoms with E-state index in [-0.39, 0.29) is 5.91 Å². The molecule has 0 fully saturated rings. The van der Waals surface area contributed by atoms with E-state index in [4.69, 9.17) is 11.6 Å². The number of fused-ring (bicyclic) bond motifs is 6. The van der Waals surface area contributed by atoms with Gasteiger partial charge in [0, 0.05) is 22.6 Å². The van der Waals surface area contributed by atoms with Crippen LogP contribution in [0.15, 0.2) is 79.0 Å². The largest absolute Gasteiger partial charge is 0.339 e. The molecule has 158 valence electrons. The quantitative estimate of drug-likeness (QED) is 0.357. The summed E-state index contributed by atoms with van der Waals surface area (Å²) in [7, 11) is 0. The monoisotopic (exact) mass is 441 g/mol. The summed E-state index contributed by atoms with van der Waals surface area (Å²) in [5.41, 5.74) is 5.31. The molecular formula is C25H20ClN5O. The van der Waals surface area contributed by atoms with E-state index in [0.29, 0.717) is 22.4 Å². The molecule has 2 heterocycles. The Kier molecular flexibility index (Phi) is 5.44. The molecule has 0 saturated carbocycles. The van der Waals surface area contributed by atoms with Crippen LogP contribution in [0.2, 0.25) is 5.02 Å². The average molecular weight is 442 g/mol. The number of anilines is 5. The summed E-state index contributed by atoms with van der Waals surface area (Å²) in [6.45, 7) is 0. The number of benzene rings is 3. The molecule has 1 aliphatic heterocycles. The molecule has 1 aromatic heterocycles. The van der Waals surface area contributed by atoms with Crippen LogP contribution in [0.1, 0.15) is 21.5 Å². The SMILES string of the molecule is O=C(Nc1ccc2cc1CCc1cccc(c1)Nc1ncc(Cl)c(n1)N2)c1ccccc1. The molecule has 0 unspecified atom stereocenters. The number of aromatic nitrogens is 2. The minimum Gasteiger partial charge on any atom is -0.339 e. The summed E-state index contributed by atoms with van der Waals surface area (Å²) >= 11 is 6.33. The van der Waals surface area contributed by atoms with Crippen molar-refractivity contribution < 1.29 is 4.79 Å². The molecule has 3 N–H and O–H groups in total. The molecule has 6 bridgehead atoms. The van der Waals surface area contributed by atoms with E-state index in [9.17, 15) is 4.79 Å². The van der Waals surface area contributed by atoms with Crippen molar-refractivity contribution in [1.82, 2.24) is 9.97 Å². The highest BCUT2D eigenvalue weighted by molar-refractivity contribution is 6.32. The summed E-state index contributed by atoms with van der Waals surface area (Å²) in [5.74, 6) is 0.826. The van der Waals surface area contributed by atoms with Crippen LogP contribution in [-0.4, -0.2) is 15.9 Å². The molecule has 1 aliphatic rings. The lowest BCUT2D eigenvalue weighted by atomic mass is 10.0. The fourth-order valence-electron chi connectivity index (χ4n) is 3.65. The molecule has 5 rings (SSSR count). The molecule has 0 atom stereocenters. The van der Waals surface area contributed by atoms with Gasteiger partial charge in [-0.3, -0.25) is 4.79 Å². The topological polar surface area (TPSA) is 78.9 Å². The van der Waals surface area contributed by atoms with Gasteiger partial charge < -0.3 is 16.0 Å². The maximum atomic E-state index is 12.7. The standard InChI is InChI=1S/C25H20ClN5O/c26-21-15-27-25-29-19-8-4-5-16(13-19)9-10-18-14-20(28-23(21)31-25)11-12-22(18)30-24(32)17-6-2-1-3-7-17/h1-8,11-15H,9-10H2,(H,30,32)(H2,27,28,29,31). The van der Waals surface area contributed by atoms with Crippen LogP contribution in [0.3, 0.4) is 0 Å². The number of halogens is 1. The molecule has 32 heavy (non-hydrogen) atoms. The van der Waals surface area contributed by atoms with Gasteiger partial charge in [0.2, 0.25) is 5.95 Å². The van der Waals surface area contributed by atoms with Crippen molar-refractivity contribution in [2.24, 2.45) is 0 Å². The Morgan fingerprint density at radius 2 is 1.75 bits per heavy atom. The van der Waals surface area contributed by atoms with E-state index in [1.807, 2.05) is 48.5 Å². The lowest BCUT2D eigenvalue weighted by molar-refractivity contribution is 0.102. The van der Waals surface area contributed by atoms with Crippen LogP contribution in [0.4, 0.5) is 28.8 Å². The Bertz CT molecular complexity index is 1290. The van der Waals surface area contributed by atoms with Crippen LogP contribution in [0, 0.1) is 0 Å². The van der Waals surface area contributed by atoms with Gasteiger partial charge in [0.05, 0.1) is 6.20 Å². The first-order valence-electron chi connectivity index (χ1n) is 10.3. The third-order valence-corrected chi connectivity index (χ3v) is 5.54. The Morgan fingerprint density at radius 1 is 0.906 bits per heavy atom. The van der Waals surface area contributed by atoms with E-state index in [1.54, 1.807) is 18.3 Å². The number of nitrogens with one attached hydrogen (secondary N) is 3. The summed E-state index contributed by atoms with van der Waals surface area (Å²) in [5, 5.41) is 9.98. The molecule has 3 aromatic carbocycles. The van der Waals surface area contributed by atoms with Gasteiger partial charge in [0.15, 0.2) is 5.82 Å². The average Bonchev–Trinajstić information content (AvgIpc) is 2.82. The van der Waals surface area contributed by atoms with Crippen molar-refractivity contribution in [3.05, 3.63) is 101 Å². The Balaban J connectivity index is 1.53. The fraction of sp³-hybridized carbons (Fsp3) is 0.0800. The minimum atomic E-state index is -0.139. The maximum Gasteiger partial charge on any atom is 0.255 e. The molecule has 4 aromatic rings. The van der Waals surface area contributed by atoms with Gasteiger partial charge in [0.25, 0.3) is 5.91 Å². The summed E-state index contributed by atoms with van der Waals surface area (Å²) in [6, 6.07) is 23.2. The fourth-order valence-corrected chi connectivity index (χ4v) is 3.79. The first-order chi connectivity index (χ1) is 15.6. The zero-order chi connectivity index (χ0) is 21.9. The van der Waals surface area contributed by atoms with Gasteiger partial charge in [-0.05, 0) is 66.4 Å². The van der Waals surface area contributed by atoms with Gasteiger partial charge in [-0.2, -0.15) is 4.98 Å². The number of rotatable bonds is 2. The number of nitrogens with zero attached hydrogens (tertiary/aromatic N) is 2. The number of amides is 1. The Morgan fingerprint density at radius 3 is 2.62 bits per heavy atom. The van der Waals surface area contributed by atoms with Gasteiger partial charge in [-0.1, -0.05) is 41.9 Å². The summed E-state index contributed by atoms with van der Waals surface area (Å²) in [4.78, 5) is 21.5. The zero-order valence-corrected chi connectivity index (χ0v) is 17.9. The second kappa shape index (κ2) is 8.69. The number of hydrogen-bond donors (Lipinski definition) is 3. The number of carbonyl (C=O) groups is 1. The molecule has 1 amide bonds. The van der Waals surface area contributed by atoms with Gasteiger partial charge >= 0.3 is 0 Å². The molecular weight excluding hydrogens is 422 g/mol. The van der Waals surface area contributed by atoms with Crippen molar-refractivity contribution >= 4 is 46.3 Å². The number of aryl methyl sites for hydroxylation is 2. The van der Waals surface area contributed by atoms with Gasteiger partial charge in [-0.25, -0.2) is 4.98 Å². The van der Waals surface area contributed by atoms with Crippen LogP contribution in [0.5, 0.6) is 0 Å². The molecule has 0 aliphatic carbocycles. The molecule has 0 spiro atoms. The predicted molar refractivity (Wildman–Crippen MR) is 128 cm³/mol. The summed E-state index contributed by atoms with van der Waals surface area (Å²) in [6.07, 6.45) is 3.13. The molecule has 0 saturated heterocycles. The highest BCUT2D eigenvalue weighted by Gasteiger charge is 2.13. The smallest absolute Gasteiger partial charge is 0.255 e. The molecule has 6 nitrogen and oxygen atoms in total. The Hall–Kier alpha value is -3.90.